The highest BCUT2D eigenvalue weighted by molar-refractivity contribution is 5.68. The fourth-order valence-electron chi connectivity index (χ4n) is 2.99. The predicted octanol–water partition coefficient (Wildman–Crippen LogP) is 3.95. The fourth-order valence-corrected chi connectivity index (χ4v) is 2.99. The molecule has 0 aromatic carbocycles. The number of carbonyl (C=O) groups excluding carboxylic acids is 1. The largest absolute Gasteiger partial charge is 0.444 e. The van der Waals surface area contributed by atoms with Gasteiger partial charge in [0.25, 0.3) is 0 Å². The van der Waals surface area contributed by atoms with Crippen molar-refractivity contribution >= 4 is 11.8 Å². The van der Waals surface area contributed by atoms with Gasteiger partial charge in [-0.15, -0.1) is 0 Å². The molecular weight excluding hydrogens is 290 g/mol. The zero-order valence-corrected chi connectivity index (χ0v) is 14.9. The van der Waals surface area contributed by atoms with E-state index in [0.29, 0.717) is 6.04 Å². The summed E-state index contributed by atoms with van der Waals surface area (Å²) in [6.07, 6.45) is 3.79. The molecule has 0 radical (unpaired) electrons. The van der Waals surface area contributed by atoms with E-state index in [1.54, 1.807) is 0 Å². The summed E-state index contributed by atoms with van der Waals surface area (Å²) in [7, 11) is 0. The molecule has 1 aliphatic rings. The van der Waals surface area contributed by atoms with E-state index >= 15 is 0 Å². The summed E-state index contributed by atoms with van der Waals surface area (Å²) in [6, 6.07) is 4.62. The molecule has 1 aromatic rings. The first-order chi connectivity index (χ1) is 10.7. The average molecular weight is 319 g/mol. The maximum atomic E-state index is 11.9. The molecule has 1 fully saturated rings. The number of ether oxygens (including phenoxy) is 1. The van der Waals surface area contributed by atoms with Crippen LogP contribution in [0.25, 0.3) is 0 Å². The molecule has 2 atom stereocenters. The Bertz CT molecular complexity index is 552. The molecule has 5 heteroatoms. The molecule has 1 aromatic heterocycles. The molecule has 1 saturated carbocycles. The predicted molar refractivity (Wildman–Crippen MR) is 92.7 cm³/mol. The van der Waals surface area contributed by atoms with Gasteiger partial charge in [0.1, 0.15) is 5.60 Å². The Morgan fingerprint density at radius 2 is 1.91 bits per heavy atom. The first kappa shape index (κ1) is 17.6. The number of carbonyl (C=O) groups is 1. The van der Waals surface area contributed by atoms with Crippen LogP contribution < -0.4 is 10.6 Å². The smallest absolute Gasteiger partial charge is 0.407 e. The van der Waals surface area contributed by atoms with Gasteiger partial charge in [-0.05, 0) is 72.4 Å². The molecule has 23 heavy (non-hydrogen) atoms. The third-order valence-corrected chi connectivity index (χ3v) is 3.98. The monoisotopic (exact) mass is 319 g/mol. The SMILES string of the molecule is Cc1ccc(NC2CCCC(NC(=O)OC(C)(C)C)C2)c(C)n1. The number of anilines is 1. The first-order valence-electron chi connectivity index (χ1n) is 8.43. The van der Waals surface area contributed by atoms with Crippen LogP contribution in [0.5, 0.6) is 0 Å². The van der Waals surface area contributed by atoms with E-state index in [1.165, 1.54) is 0 Å². The minimum absolute atomic E-state index is 0.162. The van der Waals surface area contributed by atoms with E-state index in [9.17, 15) is 4.79 Å². The molecule has 0 aliphatic heterocycles. The summed E-state index contributed by atoms with van der Waals surface area (Å²) >= 11 is 0. The van der Waals surface area contributed by atoms with Crippen LogP contribution >= 0.6 is 0 Å². The van der Waals surface area contributed by atoms with Crippen LogP contribution in [-0.2, 0) is 4.74 Å². The molecule has 0 spiro atoms. The van der Waals surface area contributed by atoms with Gasteiger partial charge in [-0.25, -0.2) is 4.79 Å². The zero-order chi connectivity index (χ0) is 17.0. The van der Waals surface area contributed by atoms with Crippen molar-refractivity contribution in [2.75, 3.05) is 5.32 Å². The number of pyridine rings is 1. The molecule has 2 unspecified atom stereocenters. The standard InChI is InChI=1S/C18H29N3O2/c1-12-9-10-16(13(2)19-12)20-14-7-6-8-15(11-14)21-17(22)23-18(3,4)5/h9-10,14-15,20H,6-8,11H2,1-5H3,(H,21,22). The number of aryl methyl sites for hydroxylation is 2. The Morgan fingerprint density at radius 3 is 2.57 bits per heavy atom. The van der Waals surface area contributed by atoms with E-state index in [1.807, 2.05) is 40.7 Å². The molecular formula is C18H29N3O2. The zero-order valence-electron chi connectivity index (χ0n) is 14.9. The lowest BCUT2D eigenvalue weighted by Crippen LogP contribution is -2.43. The topological polar surface area (TPSA) is 63.2 Å². The molecule has 1 heterocycles. The number of hydrogen-bond donors (Lipinski definition) is 2. The van der Waals surface area contributed by atoms with Gasteiger partial charge in [-0.2, -0.15) is 0 Å². The van der Waals surface area contributed by atoms with Crippen LogP contribution in [0.4, 0.5) is 10.5 Å². The van der Waals surface area contributed by atoms with Gasteiger partial charge in [0.15, 0.2) is 0 Å². The Morgan fingerprint density at radius 1 is 1.22 bits per heavy atom. The Balaban J connectivity index is 1.89. The lowest BCUT2D eigenvalue weighted by atomic mass is 9.91. The van der Waals surface area contributed by atoms with Crippen LogP contribution in [0.15, 0.2) is 12.1 Å². The molecule has 5 nitrogen and oxygen atoms in total. The number of rotatable bonds is 3. The summed E-state index contributed by atoms with van der Waals surface area (Å²) in [5.74, 6) is 0. The maximum Gasteiger partial charge on any atom is 0.407 e. The van der Waals surface area contributed by atoms with Crippen LogP contribution in [0.3, 0.4) is 0 Å². The van der Waals surface area contributed by atoms with Crippen molar-refractivity contribution < 1.29 is 9.53 Å². The van der Waals surface area contributed by atoms with Crippen LogP contribution in [0.2, 0.25) is 0 Å². The number of nitrogens with one attached hydrogen (secondary N) is 2. The van der Waals surface area contributed by atoms with E-state index in [-0.39, 0.29) is 12.1 Å². The summed E-state index contributed by atoms with van der Waals surface area (Å²) in [5.41, 5.74) is 2.67. The van der Waals surface area contributed by atoms with Crippen molar-refractivity contribution in [2.45, 2.75) is 78.0 Å². The minimum Gasteiger partial charge on any atom is -0.444 e. The molecule has 0 bridgehead atoms. The highest BCUT2D eigenvalue weighted by Crippen LogP contribution is 2.24. The molecule has 2 N–H and O–H groups in total. The van der Waals surface area contributed by atoms with Crippen molar-refractivity contribution in [3.05, 3.63) is 23.5 Å². The van der Waals surface area contributed by atoms with Crippen molar-refractivity contribution in [1.29, 1.82) is 0 Å². The van der Waals surface area contributed by atoms with E-state index in [4.69, 9.17) is 4.74 Å². The minimum atomic E-state index is -0.457. The van der Waals surface area contributed by atoms with Gasteiger partial charge in [0, 0.05) is 17.8 Å². The van der Waals surface area contributed by atoms with E-state index in [0.717, 1.165) is 42.8 Å². The number of hydrogen-bond acceptors (Lipinski definition) is 4. The quantitative estimate of drug-likeness (QED) is 0.885. The summed E-state index contributed by atoms with van der Waals surface area (Å²) in [4.78, 5) is 16.4. The second-order valence-electron chi connectivity index (χ2n) is 7.44. The molecule has 128 valence electrons. The summed E-state index contributed by atoms with van der Waals surface area (Å²) in [6.45, 7) is 9.66. The highest BCUT2D eigenvalue weighted by atomic mass is 16.6. The van der Waals surface area contributed by atoms with Crippen molar-refractivity contribution in [2.24, 2.45) is 0 Å². The number of nitrogens with zero attached hydrogens (tertiary/aromatic N) is 1. The van der Waals surface area contributed by atoms with Gasteiger partial charge in [-0.3, -0.25) is 4.98 Å². The third-order valence-electron chi connectivity index (χ3n) is 3.98. The van der Waals surface area contributed by atoms with Gasteiger partial charge < -0.3 is 15.4 Å². The van der Waals surface area contributed by atoms with Gasteiger partial charge in [0.05, 0.1) is 11.4 Å². The molecule has 1 aliphatic carbocycles. The third kappa shape index (κ3) is 5.73. The van der Waals surface area contributed by atoms with E-state index in [2.05, 4.69) is 21.7 Å². The number of aromatic nitrogens is 1. The Hall–Kier alpha value is -1.78. The Labute approximate surface area is 139 Å². The van der Waals surface area contributed by atoms with Crippen molar-refractivity contribution in [1.82, 2.24) is 10.3 Å². The lowest BCUT2D eigenvalue weighted by molar-refractivity contribution is 0.0492. The van der Waals surface area contributed by atoms with E-state index < -0.39 is 5.60 Å². The highest BCUT2D eigenvalue weighted by Gasteiger charge is 2.25. The number of alkyl carbamates (subject to hydrolysis) is 1. The molecule has 2 rings (SSSR count). The second kappa shape index (κ2) is 7.20. The van der Waals surface area contributed by atoms with Gasteiger partial charge >= 0.3 is 6.09 Å². The van der Waals surface area contributed by atoms with Gasteiger partial charge in [-0.1, -0.05) is 0 Å². The van der Waals surface area contributed by atoms with Crippen molar-refractivity contribution in [3.63, 3.8) is 0 Å². The molecule has 1 amide bonds. The maximum absolute atomic E-state index is 11.9. The average Bonchev–Trinajstić information content (AvgIpc) is 2.40. The molecule has 0 saturated heterocycles. The first-order valence-corrected chi connectivity index (χ1v) is 8.43. The van der Waals surface area contributed by atoms with Gasteiger partial charge in [0.2, 0.25) is 0 Å². The number of amides is 1. The Kier molecular flexibility index (Phi) is 5.50. The summed E-state index contributed by atoms with van der Waals surface area (Å²) in [5, 5.41) is 6.57. The summed E-state index contributed by atoms with van der Waals surface area (Å²) < 4.78 is 5.35. The van der Waals surface area contributed by atoms with Crippen molar-refractivity contribution in [3.8, 4) is 0 Å². The van der Waals surface area contributed by atoms with Crippen LogP contribution in [-0.4, -0.2) is 28.8 Å². The normalized spacial score (nSPS) is 21.6. The van der Waals surface area contributed by atoms with Crippen LogP contribution in [0.1, 0.15) is 57.8 Å². The second-order valence-corrected chi connectivity index (χ2v) is 7.44. The van der Waals surface area contributed by atoms with Crippen LogP contribution in [0, 0.1) is 13.8 Å². The fraction of sp³-hybridized carbons (Fsp3) is 0.667. The lowest BCUT2D eigenvalue weighted by Gasteiger charge is -2.32.